The third-order valence-electron chi connectivity index (χ3n) is 3.50. The molecule has 134 valence electrons. The molecule has 0 atom stereocenters. The lowest BCUT2D eigenvalue weighted by Gasteiger charge is -2.05. The Bertz CT molecular complexity index is 889. The zero-order valence-electron chi connectivity index (χ0n) is 14.4. The molecule has 5 nitrogen and oxygen atoms in total. The third kappa shape index (κ3) is 4.92. The molecule has 0 saturated heterocycles. The maximum atomic E-state index is 12.9. The van der Waals surface area contributed by atoms with E-state index in [2.05, 4.69) is 16.3 Å². The molecule has 0 fully saturated rings. The van der Waals surface area contributed by atoms with E-state index >= 15 is 0 Å². The van der Waals surface area contributed by atoms with Crippen LogP contribution in [-0.2, 0) is 6.61 Å². The Kier molecular flexibility index (Phi) is 5.68. The predicted molar refractivity (Wildman–Crippen MR) is 96.0 cm³/mol. The summed E-state index contributed by atoms with van der Waals surface area (Å²) in [4.78, 5) is 12.1. The van der Waals surface area contributed by atoms with Crippen LogP contribution in [0.5, 0.6) is 5.75 Å². The Morgan fingerprint density at radius 2 is 1.81 bits per heavy atom. The van der Waals surface area contributed by atoms with Crippen LogP contribution in [-0.4, -0.2) is 21.7 Å². The third-order valence-corrected chi connectivity index (χ3v) is 4.32. The van der Waals surface area contributed by atoms with Gasteiger partial charge in [-0.3, -0.25) is 4.79 Å². The normalized spacial score (nSPS) is 10.7. The van der Waals surface area contributed by atoms with Crippen molar-refractivity contribution in [2.45, 2.75) is 25.7 Å². The summed E-state index contributed by atoms with van der Waals surface area (Å²) in [7, 11) is 0. The number of aryl methyl sites for hydroxylation is 2. The summed E-state index contributed by atoms with van der Waals surface area (Å²) in [6.07, 6.45) is 0. The average molecular weight is 372 g/mol. The van der Waals surface area contributed by atoms with Crippen LogP contribution in [0.4, 0.5) is 4.39 Å². The smallest absolute Gasteiger partial charge is 0.277 e. The number of carbonyl (C=O) groups is 1. The van der Waals surface area contributed by atoms with Gasteiger partial charge in [0.1, 0.15) is 11.6 Å². The maximum absolute atomic E-state index is 12.9. The van der Waals surface area contributed by atoms with E-state index in [1.54, 1.807) is 0 Å². The Hall–Kier alpha value is -2.67. The molecule has 26 heavy (non-hydrogen) atoms. The van der Waals surface area contributed by atoms with Crippen LogP contribution >= 0.6 is 11.8 Å². The molecule has 0 amide bonds. The quantitative estimate of drug-likeness (QED) is 0.453. The van der Waals surface area contributed by atoms with Crippen molar-refractivity contribution < 1.29 is 18.3 Å². The molecule has 0 aliphatic rings. The van der Waals surface area contributed by atoms with E-state index in [9.17, 15) is 9.18 Å². The average Bonchev–Trinajstić information content (AvgIpc) is 3.06. The van der Waals surface area contributed by atoms with Crippen molar-refractivity contribution in [2.75, 3.05) is 5.75 Å². The lowest BCUT2D eigenvalue weighted by atomic mass is 10.1. The van der Waals surface area contributed by atoms with E-state index in [0.29, 0.717) is 16.7 Å². The minimum atomic E-state index is -0.375. The number of benzene rings is 2. The first-order valence-corrected chi connectivity index (χ1v) is 8.93. The molecule has 0 aliphatic heterocycles. The van der Waals surface area contributed by atoms with Gasteiger partial charge in [-0.1, -0.05) is 17.8 Å². The van der Waals surface area contributed by atoms with Crippen molar-refractivity contribution >= 4 is 17.5 Å². The molecule has 0 unspecified atom stereocenters. The summed E-state index contributed by atoms with van der Waals surface area (Å²) in [6, 6.07) is 11.3. The molecule has 2 aromatic carbocycles. The second kappa shape index (κ2) is 8.14. The number of thioether (sulfide) groups is 1. The van der Waals surface area contributed by atoms with E-state index in [0.717, 1.165) is 28.6 Å². The SMILES string of the molecule is Cc1cc(C)cc(OCc2nnc(SCC(=O)c3ccc(F)cc3)o2)c1. The number of aromatic nitrogens is 2. The molecule has 1 aromatic heterocycles. The number of halogens is 1. The highest BCUT2D eigenvalue weighted by Gasteiger charge is 2.12. The van der Waals surface area contributed by atoms with Crippen LogP contribution in [0.1, 0.15) is 27.4 Å². The number of hydrogen-bond donors (Lipinski definition) is 0. The van der Waals surface area contributed by atoms with Gasteiger partial charge < -0.3 is 9.15 Å². The Balaban J connectivity index is 1.53. The number of hydrogen-bond acceptors (Lipinski definition) is 6. The van der Waals surface area contributed by atoms with Crippen molar-refractivity contribution in [2.24, 2.45) is 0 Å². The van der Waals surface area contributed by atoms with Gasteiger partial charge in [0.2, 0.25) is 0 Å². The van der Waals surface area contributed by atoms with Crippen LogP contribution in [0.25, 0.3) is 0 Å². The van der Waals surface area contributed by atoms with Gasteiger partial charge in [-0.2, -0.15) is 0 Å². The topological polar surface area (TPSA) is 65.2 Å². The summed E-state index contributed by atoms with van der Waals surface area (Å²) >= 11 is 1.14. The minimum Gasteiger partial charge on any atom is -0.484 e. The van der Waals surface area contributed by atoms with Crippen LogP contribution in [0, 0.1) is 19.7 Å². The number of nitrogens with zero attached hydrogens (tertiary/aromatic N) is 2. The van der Waals surface area contributed by atoms with Crippen molar-refractivity contribution in [1.82, 2.24) is 10.2 Å². The summed E-state index contributed by atoms with van der Waals surface area (Å²) in [5, 5.41) is 8.10. The fourth-order valence-electron chi connectivity index (χ4n) is 2.36. The van der Waals surface area contributed by atoms with Crippen molar-refractivity contribution in [3.05, 3.63) is 70.9 Å². The first-order valence-electron chi connectivity index (χ1n) is 7.94. The second-order valence-corrected chi connectivity index (χ2v) is 6.72. The van der Waals surface area contributed by atoms with Gasteiger partial charge >= 0.3 is 0 Å². The number of rotatable bonds is 7. The molecule has 3 aromatic rings. The van der Waals surface area contributed by atoms with Crippen molar-refractivity contribution in [3.63, 3.8) is 0 Å². The zero-order valence-corrected chi connectivity index (χ0v) is 15.2. The van der Waals surface area contributed by atoms with Gasteiger partial charge in [-0.15, -0.1) is 10.2 Å². The Morgan fingerprint density at radius 3 is 2.50 bits per heavy atom. The Labute approximate surface area is 154 Å². The summed E-state index contributed by atoms with van der Waals surface area (Å²) < 4.78 is 24.0. The van der Waals surface area contributed by atoms with Crippen LogP contribution in [0.2, 0.25) is 0 Å². The molecule has 0 radical (unpaired) electrons. The fourth-order valence-corrected chi connectivity index (χ4v) is 3.04. The first-order chi connectivity index (χ1) is 12.5. The summed E-state index contributed by atoms with van der Waals surface area (Å²) in [5.74, 6) is 0.689. The highest BCUT2D eigenvalue weighted by Crippen LogP contribution is 2.20. The van der Waals surface area contributed by atoms with Crippen LogP contribution in [0.3, 0.4) is 0 Å². The number of ether oxygens (including phenoxy) is 1. The van der Waals surface area contributed by atoms with Gasteiger partial charge in [0.05, 0.1) is 5.75 Å². The van der Waals surface area contributed by atoms with Crippen molar-refractivity contribution in [1.29, 1.82) is 0 Å². The fraction of sp³-hybridized carbons (Fsp3) is 0.211. The molecule has 0 aliphatic carbocycles. The lowest BCUT2D eigenvalue weighted by molar-refractivity contribution is 0.102. The lowest BCUT2D eigenvalue weighted by Crippen LogP contribution is -2.02. The molecule has 0 saturated carbocycles. The zero-order chi connectivity index (χ0) is 18.5. The summed E-state index contributed by atoms with van der Waals surface area (Å²) in [5.41, 5.74) is 2.67. The van der Waals surface area contributed by atoms with Crippen LogP contribution in [0.15, 0.2) is 52.1 Å². The largest absolute Gasteiger partial charge is 0.484 e. The first kappa shape index (κ1) is 18.1. The monoisotopic (exact) mass is 372 g/mol. The standard InChI is InChI=1S/C19H17FN2O3S/c1-12-7-13(2)9-16(8-12)24-10-18-21-22-19(25-18)26-11-17(23)14-3-5-15(20)6-4-14/h3-9H,10-11H2,1-2H3. The van der Waals surface area contributed by atoms with Gasteiger partial charge in [0, 0.05) is 5.56 Å². The molecule has 7 heteroatoms. The molecular formula is C19H17FN2O3S. The van der Waals surface area contributed by atoms with Gasteiger partial charge in [0.15, 0.2) is 12.4 Å². The number of ketones is 1. The number of carbonyl (C=O) groups excluding carboxylic acids is 1. The molecular weight excluding hydrogens is 355 g/mol. The van der Waals surface area contributed by atoms with E-state index in [1.807, 2.05) is 26.0 Å². The molecule has 0 N–H and O–H groups in total. The molecule has 0 spiro atoms. The minimum absolute atomic E-state index is 0.130. The van der Waals surface area contributed by atoms with E-state index < -0.39 is 0 Å². The van der Waals surface area contributed by atoms with Crippen LogP contribution < -0.4 is 4.74 Å². The van der Waals surface area contributed by atoms with Gasteiger partial charge in [-0.05, 0) is 61.4 Å². The van der Waals surface area contributed by atoms with E-state index in [4.69, 9.17) is 9.15 Å². The maximum Gasteiger partial charge on any atom is 0.277 e. The molecule has 1 heterocycles. The van der Waals surface area contributed by atoms with E-state index in [-0.39, 0.29) is 24.0 Å². The van der Waals surface area contributed by atoms with Gasteiger partial charge in [-0.25, -0.2) is 4.39 Å². The highest BCUT2D eigenvalue weighted by atomic mass is 32.2. The highest BCUT2D eigenvalue weighted by molar-refractivity contribution is 7.99. The Morgan fingerprint density at radius 1 is 1.12 bits per heavy atom. The summed E-state index contributed by atoms with van der Waals surface area (Å²) in [6.45, 7) is 4.15. The molecule has 0 bridgehead atoms. The molecule has 3 rings (SSSR count). The van der Waals surface area contributed by atoms with E-state index in [1.165, 1.54) is 24.3 Å². The van der Waals surface area contributed by atoms with Crippen molar-refractivity contribution in [3.8, 4) is 5.75 Å². The second-order valence-electron chi connectivity index (χ2n) is 5.79. The number of Topliss-reactive ketones (excluding diaryl/α,β-unsaturated/α-hetero) is 1. The predicted octanol–water partition coefficient (Wildman–Crippen LogP) is 4.38. The van der Waals surface area contributed by atoms with Gasteiger partial charge in [0.25, 0.3) is 11.1 Å².